The molecule has 1 heterocycles. The second kappa shape index (κ2) is 10.9. The maximum Gasteiger partial charge on any atom is 0.225 e. The van der Waals surface area contributed by atoms with E-state index in [2.05, 4.69) is 35.8 Å². The molecule has 2 rings (SSSR count). The van der Waals surface area contributed by atoms with Crippen LogP contribution in [0.1, 0.15) is 65.7 Å². The van der Waals surface area contributed by atoms with Crippen molar-refractivity contribution in [2.45, 2.75) is 71.8 Å². The van der Waals surface area contributed by atoms with Gasteiger partial charge in [0.05, 0.1) is 12.6 Å². The summed E-state index contributed by atoms with van der Waals surface area (Å²) in [6.45, 7) is 7.15. The van der Waals surface area contributed by atoms with Crippen molar-refractivity contribution in [2.75, 3.05) is 6.54 Å². The standard InChI is InChI=1S/C19H31ClN4S/c1-4-6-12-18(15(3)20)25-23-19(22-17-10-8-7-9-11-17)24-14-16(5-2)13-21-24/h6,12-13,16-17H,4-5,7-11,14H2,1-3H3,(H,22,23)/b12-6-,18-15-. The predicted molar refractivity (Wildman–Crippen MR) is 112 cm³/mol. The molecule has 0 bridgehead atoms. The van der Waals surface area contributed by atoms with Crippen molar-refractivity contribution < 1.29 is 0 Å². The molecular formula is C19H31ClN4S. The monoisotopic (exact) mass is 382 g/mol. The van der Waals surface area contributed by atoms with Crippen LogP contribution in [0, 0.1) is 5.92 Å². The Morgan fingerprint density at radius 3 is 2.72 bits per heavy atom. The highest BCUT2D eigenvalue weighted by Crippen LogP contribution is 2.24. The Labute approximate surface area is 162 Å². The van der Waals surface area contributed by atoms with Gasteiger partial charge in [-0.25, -0.2) is 10.0 Å². The van der Waals surface area contributed by atoms with Gasteiger partial charge >= 0.3 is 0 Å². The third-order valence-corrected chi connectivity index (χ3v) is 5.83. The maximum absolute atomic E-state index is 6.24. The average molecular weight is 383 g/mol. The number of guanidine groups is 1. The lowest BCUT2D eigenvalue weighted by Crippen LogP contribution is -2.36. The topological polar surface area (TPSA) is 40.0 Å². The number of hydrazone groups is 1. The van der Waals surface area contributed by atoms with Crippen LogP contribution in [0.4, 0.5) is 0 Å². The molecule has 0 saturated heterocycles. The number of halogens is 1. The number of aliphatic imine (C=N–C) groups is 1. The summed E-state index contributed by atoms with van der Waals surface area (Å²) in [6.07, 6.45) is 14.6. The Bertz CT molecular complexity index is 532. The SMILES string of the molecule is CC/C=C\C(SNC(=NC1CCCCC1)N1CC(CC)C=N1)=C(/C)Cl. The molecule has 1 fully saturated rings. The van der Waals surface area contributed by atoms with Gasteiger partial charge in [-0.3, -0.25) is 4.72 Å². The van der Waals surface area contributed by atoms with Gasteiger partial charge in [-0.2, -0.15) is 5.10 Å². The van der Waals surface area contributed by atoms with Gasteiger partial charge in [0.25, 0.3) is 0 Å². The van der Waals surface area contributed by atoms with Gasteiger partial charge in [-0.1, -0.05) is 50.8 Å². The molecule has 25 heavy (non-hydrogen) atoms. The van der Waals surface area contributed by atoms with Crippen LogP contribution in [-0.2, 0) is 0 Å². The predicted octanol–water partition coefficient (Wildman–Crippen LogP) is 5.68. The molecule has 6 heteroatoms. The zero-order valence-electron chi connectivity index (χ0n) is 15.7. The first-order valence-electron chi connectivity index (χ1n) is 9.49. The van der Waals surface area contributed by atoms with E-state index >= 15 is 0 Å². The van der Waals surface area contributed by atoms with Crippen LogP contribution < -0.4 is 4.72 Å². The summed E-state index contributed by atoms with van der Waals surface area (Å²) in [5.41, 5.74) is 0. The highest BCUT2D eigenvalue weighted by molar-refractivity contribution is 8.02. The molecule has 1 N–H and O–H groups in total. The second-order valence-corrected chi connectivity index (χ2v) is 8.09. The fourth-order valence-corrected chi connectivity index (χ4v) is 3.78. The number of hydrogen-bond donors (Lipinski definition) is 1. The van der Waals surface area contributed by atoms with Crippen LogP contribution in [0.3, 0.4) is 0 Å². The quantitative estimate of drug-likeness (QED) is 0.278. The lowest BCUT2D eigenvalue weighted by atomic mass is 9.96. The van der Waals surface area contributed by atoms with Gasteiger partial charge < -0.3 is 0 Å². The lowest BCUT2D eigenvalue weighted by molar-refractivity contribution is 0.408. The van der Waals surface area contributed by atoms with E-state index in [1.807, 2.05) is 18.1 Å². The van der Waals surface area contributed by atoms with Crippen molar-refractivity contribution in [3.05, 3.63) is 22.1 Å². The summed E-state index contributed by atoms with van der Waals surface area (Å²) < 4.78 is 3.43. The molecule has 2 aliphatic rings. The summed E-state index contributed by atoms with van der Waals surface area (Å²) in [7, 11) is 0. The molecule has 0 aromatic rings. The molecular weight excluding hydrogens is 352 g/mol. The van der Waals surface area contributed by atoms with E-state index < -0.39 is 0 Å². The van der Waals surface area contributed by atoms with E-state index in [-0.39, 0.29) is 0 Å². The summed E-state index contributed by atoms with van der Waals surface area (Å²) in [5.74, 6) is 1.37. The molecule has 0 aromatic carbocycles. The minimum atomic E-state index is 0.406. The highest BCUT2D eigenvalue weighted by atomic mass is 35.5. The van der Waals surface area contributed by atoms with Gasteiger partial charge in [-0.05, 0) is 50.6 Å². The minimum absolute atomic E-state index is 0.406. The Kier molecular flexibility index (Phi) is 8.90. The first-order valence-corrected chi connectivity index (χ1v) is 10.7. The zero-order chi connectivity index (χ0) is 18.1. The third-order valence-electron chi connectivity index (χ3n) is 4.57. The smallest absolute Gasteiger partial charge is 0.225 e. The van der Waals surface area contributed by atoms with E-state index in [1.165, 1.54) is 44.1 Å². The van der Waals surface area contributed by atoms with Crippen molar-refractivity contribution in [1.29, 1.82) is 0 Å². The van der Waals surface area contributed by atoms with Crippen LogP contribution in [0.2, 0.25) is 0 Å². The Morgan fingerprint density at radius 1 is 1.36 bits per heavy atom. The van der Waals surface area contributed by atoms with Crippen LogP contribution >= 0.6 is 23.5 Å². The van der Waals surface area contributed by atoms with Crippen molar-refractivity contribution in [2.24, 2.45) is 16.0 Å². The van der Waals surface area contributed by atoms with E-state index in [0.29, 0.717) is 12.0 Å². The molecule has 0 amide bonds. The summed E-state index contributed by atoms with van der Waals surface area (Å²) >= 11 is 7.77. The molecule has 0 aromatic heterocycles. The number of nitrogens with one attached hydrogen (secondary N) is 1. The molecule has 140 valence electrons. The van der Waals surface area contributed by atoms with Crippen molar-refractivity contribution in [3.8, 4) is 0 Å². The fraction of sp³-hybridized carbons (Fsp3) is 0.684. The summed E-state index contributed by atoms with van der Waals surface area (Å²) in [6, 6.07) is 0.406. The van der Waals surface area contributed by atoms with Gasteiger partial charge in [-0.15, -0.1) is 0 Å². The average Bonchev–Trinajstić information content (AvgIpc) is 3.10. The first kappa shape index (κ1) is 20.4. The second-order valence-electron chi connectivity index (χ2n) is 6.67. The van der Waals surface area contributed by atoms with Crippen LogP contribution in [0.25, 0.3) is 0 Å². The van der Waals surface area contributed by atoms with Crippen molar-refractivity contribution in [1.82, 2.24) is 9.73 Å². The minimum Gasteiger partial charge on any atom is -0.295 e. The van der Waals surface area contributed by atoms with Gasteiger partial charge in [0.1, 0.15) is 0 Å². The molecule has 1 aliphatic heterocycles. The third kappa shape index (κ3) is 6.70. The van der Waals surface area contributed by atoms with Crippen LogP contribution in [0.15, 0.2) is 32.2 Å². The zero-order valence-corrected chi connectivity index (χ0v) is 17.2. The summed E-state index contributed by atoms with van der Waals surface area (Å²) in [4.78, 5) is 6.03. The van der Waals surface area contributed by atoms with E-state index in [4.69, 9.17) is 16.6 Å². The van der Waals surface area contributed by atoms with E-state index in [9.17, 15) is 0 Å². The Hall–Kier alpha value is -0.940. The molecule has 1 aliphatic carbocycles. The molecule has 1 atom stereocenters. The Balaban J connectivity index is 2.08. The fourth-order valence-electron chi connectivity index (χ4n) is 2.94. The van der Waals surface area contributed by atoms with Crippen molar-refractivity contribution in [3.63, 3.8) is 0 Å². The first-order chi connectivity index (χ1) is 12.1. The van der Waals surface area contributed by atoms with Gasteiger partial charge in [0.15, 0.2) is 0 Å². The normalized spacial score (nSPS) is 23.4. The molecule has 4 nitrogen and oxygen atoms in total. The largest absolute Gasteiger partial charge is 0.295 e. The molecule has 0 spiro atoms. The molecule has 1 unspecified atom stereocenters. The number of allylic oxidation sites excluding steroid dienone is 3. The summed E-state index contributed by atoms with van der Waals surface area (Å²) in [5, 5.41) is 7.38. The molecule has 0 radical (unpaired) electrons. The van der Waals surface area contributed by atoms with Gasteiger partial charge in [0.2, 0.25) is 5.96 Å². The molecule has 1 saturated carbocycles. The Morgan fingerprint density at radius 2 is 2.12 bits per heavy atom. The van der Waals surface area contributed by atoms with Crippen LogP contribution in [0.5, 0.6) is 0 Å². The highest BCUT2D eigenvalue weighted by Gasteiger charge is 2.22. The van der Waals surface area contributed by atoms with Gasteiger partial charge in [0, 0.05) is 22.1 Å². The van der Waals surface area contributed by atoms with Crippen molar-refractivity contribution >= 4 is 35.7 Å². The number of rotatable bonds is 6. The number of hydrogen-bond acceptors (Lipinski definition) is 3. The number of nitrogens with zero attached hydrogens (tertiary/aromatic N) is 3. The lowest BCUT2D eigenvalue weighted by Gasteiger charge is -2.23. The van der Waals surface area contributed by atoms with E-state index in [1.54, 1.807) is 0 Å². The van der Waals surface area contributed by atoms with Crippen LogP contribution in [-0.4, -0.2) is 29.8 Å². The van der Waals surface area contributed by atoms with E-state index in [0.717, 1.165) is 35.3 Å². The maximum atomic E-state index is 6.24.